The highest BCUT2D eigenvalue weighted by molar-refractivity contribution is 6.32. The molecule has 2 fully saturated rings. The Labute approximate surface area is 178 Å². The van der Waals surface area contributed by atoms with E-state index in [0.29, 0.717) is 10.6 Å². The number of aryl methyl sites for hydroxylation is 2. The molecule has 8 heteroatoms. The third-order valence-electron chi connectivity index (χ3n) is 6.22. The molecule has 2 amide bonds. The number of benzene rings is 2. The number of hydrogen-bond acceptors (Lipinski definition) is 5. The molecule has 2 aliphatic heterocycles. The highest BCUT2D eigenvalue weighted by Gasteiger charge is 2.68. The predicted molar refractivity (Wildman–Crippen MR) is 110 cm³/mol. The number of fused-ring (bicyclic) bond motifs is 1. The van der Waals surface area contributed by atoms with Crippen LogP contribution >= 0.6 is 11.6 Å². The first-order valence-corrected chi connectivity index (χ1v) is 9.92. The third kappa shape index (κ3) is 2.77. The molecule has 2 saturated heterocycles. The maximum atomic E-state index is 13.5. The summed E-state index contributed by atoms with van der Waals surface area (Å²) in [7, 11) is 0. The summed E-state index contributed by atoms with van der Waals surface area (Å²) in [6.45, 7) is 2.83. The molecule has 2 heterocycles. The molecule has 0 aromatic heterocycles. The summed E-state index contributed by atoms with van der Waals surface area (Å²) in [6.07, 6.45) is 0. The summed E-state index contributed by atoms with van der Waals surface area (Å²) in [6, 6.07) is 11.4. The van der Waals surface area contributed by atoms with Crippen LogP contribution in [0.15, 0.2) is 42.5 Å². The Bertz CT molecular complexity index is 1070. The minimum atomic E-state index is -1.96. The van der Waals surface area contributed by atoms with Crippen LogP contribution in [-0.2, 0) is 14.4 Å². The van der Waals surface area contributed by atoms with Gasteiger partial charge in [-0.05, 0) is 42.7 Å². The van der Waals surface area contributed by atoms with Gasteiger partial charge in [-0.15, -0.1) is 0 Å². The number of aliphatic carboxylic acids is 1. The normalized spacial score (nSPS) is 28.1. The van der Waals surface area contributed by atoms with Crippen LogP contribution in [-0.4, -0.2) is 40.1 Å². The van der Waals surface area contributed by atoms with E-state index in [1.807, 2.05) is 19.1 Å². The second-order valence-corrected chi connectivity index (χ2v) is 8.27. The number of nitrogens with one attached hydrogen (secondary N) is 1. The summed E-state index contributed by atoms with van der Waals surface area (Å²) in [5, 5.41) is 23.3. The Morgan fingerprint density at radius 1 is 1.13 bits per heavy atom. The number of aliphatic hydroxyl groups excluding tert-OH is 1. The predicted octanol–water partition coefficient (Wildman–Crippen LogP) is 2.22. The average Bonchev–Trinajstić information content (AvgIpc) is 3.19. The number of rotatable bonds is 4. The third-order valence-corrected chi connectivity index (χ3v) is 6.63. The van der Waals surface area contributed by atoms with Gasteiger partial charge in [-0.1, -0.05) is 41.9 Å². The standard InChI is InChI=1S/C22H21ClN2O5/c1-11-5-3-4-6-14(11)18-16-17(22(10-26,24-18)21(29)30)20(28)25(19(16)27)13-8-7-12(2)15(23)9-13/h3-9,16-18,24,26H,10H2,1-2H3,(H,29,30). The van der Waals surface area contributed by atoms with Crippen molar-refractivity contribution in [1.29, 1.82) is 0 Å². The molecule has 0 radical (unpaired) electrons. The van der Waals surface area contributed by atoms with Crippen molar-refractivity contribution in [2.45, 2.75) is 25.4 Å². The lowest BCUT2D eigenvalue weighted by atomic mass is 9.79. The minimum Gasteiger partial charge on any atom is -0.480 e. The molecule has 3 N–H and O–H groups in total. The first-order valence-electron chi connectivity index (χ1n) is 9.54. The van der Waals surface area contributed by atoms with Crippen molar-refractivity contribution in [3.63, 3.8) is 0 Å². The number of carboxylic acids is 1. The Kier molecular flexibility index (Phi) is 4.92. The van der Waals surface area contributed by atoms with E-state index < -0.39 is 47.8 Å². The molecule has 4 unspecified atom stereocenters. The van der Waals surface area contributed by atoms with E-state index >= 15 is 0 Å². The van der Waals surface area contributed by atoms with Gasteiger partial charge in [0.05, 0.1) is 24.1 Å². The van der Waals surface area contributed by atoms with Crippen molar-refractivity contribution in [3.05, 3.63) is 64.2 Å². The van der Waals surface area contributed by atoms with Crippen molar-refractivity contribution < 1.29 is 24.6 Å². The van der Waals surface area contributed by atoms with Gasteiger partial charge in [0.1, 0.15) is 0 Å². The fourth-order valence-electron chi connectivity index (χ4n) is 4.59. The van der Waals surface area contributed by atoms with Crippen LogP contribution in [0.1, 0.15) is 22.7 Å². The average molecular weight is 429 g/mol. The number of aliphatic hydroxyl groups is 1. The zero-order valence-electron chi connectivity index (χ0n) is 16.4. The summed E-state index contributed by atoms with van der Waals surface area (Å²) in [5.74, 6) is -4.77. The zero-order valence-corrected chi connectivity index (χ0v) is 17.2. The Morgan fingerprint density at radius 3 is 2.43 bits per heavy atom. The van der Waals surface area contributed by atoms with Crippen molar-refractivity contribution in [3.8, 4) is 0 Å². The van der Waals surface area contributed by atoms with Gasteiger partial charge in [0.2, 0.25) is 11.8 Å². The molecule has 2 aromatic rings. The number of amides is 2. The van der Waals surface area contributed by atoms with Crippen LogP contribution in [0.2, 0.25) is 5.02 Å². The quantitative estimate of drug-likeness (QED) is 0.645. The second-order valence-electron chi connectivity index (χ2n) is 7.86. The van der Waals surface area contributed by atoms with E-state index in [0.717, 1.165) is 16.0 Å². The molecule has 7 nitrogen and oxygen atoms in total. The van der Waals surface area contributed by atoms with Crippen molar-refractivity contribution in [2.75, 3.05) is 11.5 Å². The highest BCUT2D eigenvalue weighted by Crippen LogP contribution is 2.50. The summed E-state index contributed by atoms with van der Waals surface area (Å²) in [4.78, 5) is 40.1. The molecule has 30 heavy (non-hydrogen) atoms. The molecule has 4 rings (SSSR count). The number of carboxylic acid groups (broad SMARTS) is 1. The van der Waals surface area contributed by atoms with Gasteiger partial charge in [-0.25, -0.2) is 4.90 Å². The second kappa shape index (κ2) is 7.19. The van der Waals surface area contributed by atoms with Crippen molar-refractivity contribution in [1.82, 2.24) is 5.32 Å². The summed E-state index contributed by atoms with van der Waals surface area (Å²) in [5.41, 5.74) is 0.678. The lowest BCUT2D eigenvalue weighted by Gasteiger charge is -2.29. The Morgan fingerprint density at radius 2 is 1.83 bits per heavy atom. The first kappa shape index (κ1) is 20.5. The van der Waals surface area contributed by atoms with Crippen LogP contribution in [0, 0.1) is 25.7 Å². The van der Waals surface area contributed by atoms with Gasteiger partial charge in [0.25, 0.3) is 0 Å². The molecular weight excluding hydrogens is 408 g/mol. The number of nitrogens with zero attached hydrogens (tertiary/aromatic N) is 1. The number of carbonyl (C=O) groups excluding carboxylic acids is 2. The SMILES string of the molecule is Cc1ccc(N2C(=O)C3C(c4ccccc4C)NC(CO)(C(=O)O)C3C2=O)cc1Cl. The molecule has 156 valence electrons. The summed E-state index contributed by atoms with van der Waals surface area (Å²) < 4.78 is 0. The topological polar surface area (TPSA) is 107 Å². The van der Waals surface area contributed by atoms with Gasteiger partial charge in [-0.3, -0.25) is 19.7 Å². The molecule has 0 aliphatic carbocycles. The van der Waals surface area contributed by atoms with E-state index in [4.69, 9.17) is 11.6 Å². The van der Waals surface area contributed by atoms with E-state index in [1.165, 1.54) is 6.07 Å². The molecular formula is C22H21ClN2O5. The molecule has 0 spiro atoms. The van der Waals surface area contributed by atoms with Gasteiger partial charge < -0.3 is 10.2 Å². The molecule has 0 bridgehead atoms. The van der Waals surface area contributed by atoms with E-state index in [1.54, 1.807) is 31.2 Å². The van der Waals surface area contributed by atoms with Gasteiger partial charge in [0, 0.05) is 11.1 Å². The monoisotopic (exact) mass is 428 g/mol. The number of hydrogen-bond donors (Lipinski definition) is 3. The zero-order chi connectivity index (χ0) is 21.8. The highest BCUT2D eigenvalue weighted by atomic mass is 35.5. The fourth-order valence-corrected chi connectivity index (χ4v) is 4.77. The van der Waals surface area contributed by atoms with Gasteiger partial charge in [0.15, 0.2) is 5.54 Å². The number of imide groups is 1. The van der Waals surface area contributed by atoms with Crippen LogP contribution in [0.4, 0.5) is 5.69 Å². The van der Waals surface area contributed by atoms with Crippen LogP contribution < -0.4 is 10.2 Å². The van der Waals surface area contributed by atoms with E-state index in [9.17, 15) is 24.6 Å². The number of halogens is 1. The van der Waals surface area contributed by atoms with Crippen LogP contribution in [0.25, 0.3) is 0 Å². The number of anilines is 1. The number of carbonyl (C=O) groups is 3. The van der Waals surface area contributed by atoms with Crippen LogP contribution in [0.5, 0.6) is 0 Å². The summed E-state index contributed by atoms with van der Waals surface area (Å²) >= 11 is 6.19. The van der Waals surface area contributed by atoms with Crippen molar-refractivity contribution in [2.24, 2.45) is 11.8 Å². The lowest BCUT2D eigenvalue weighted by Crippen LogP contribution is -2.58. The smallest absolute Gasteiger partial charge is 0.327 e. The molecule has 0 saturated carbocycles. The first-order chi connectivity index (χ1) is 14.2. The Balaban J connectivity index is 1.87. The molecule has 4 atom stereocenters. The largest absolute Gasteiger partial charge is 0.480 e. The van der Waals surface area contributed by atoms with E-state index in [-0.39, 0.29) is 5.69 Å². The minimum absolute atomic E-state index is 0.288. The van der Waals surface area contributed by atoms with Gasteiger partial charge in [-0.2, -0.15) is 0 Å². The maximum Gasteiger partial charge on any atom is 0.327 e. The van der Waals surface area contributed by atoms with Gasteiger partial charge >= 0.3 is 5.97 Å². The molecule has 2 aliphatic rings. The Hall–Kier alpha value is -2.74. The maximum absolute atomic E-state index is 13.5. The molecule has 2 aromatic carbocycles. The van der Waals surface area contributed by atoms with Crippen LogP contribution in [0.3, 0.4) is 0 Å². The van der Waals surface area contributed by atoms with Crippen molar-refractivity contribution >= 4 is 35.1 Å². The van der Waals surface area contributed by atoms with E-state index in [2.05, 4.69) is 5.32 Å². The lowest BCUT2D eigenvalue weighted by molar-refractivity contribution is -0.150. The fraction of sp³-hybridized carbons (Fsp3) is 0.318.